The normalized spacial score (nSPS) is 11.4. The molecule has 0 spiro atoms. The first-order valence-corrected chi connectivity index (χ1v) is 7.93. The molecule has 0 saturated carbocycles. The van der Waals surface area contributed by atoms with Crippen LogP contribution in [0.4, 0.5) is 0 Å². The summed E-state index contributed by atoms with van der Waals surface area (Å²) in [5, 5.41) is 8.80. The monoisotopic (exact) mass is 322 g/mol. The molecule has 2 aromatic rings. The second-order valence-electron chi connectivity index (χ2n) is 5.76. The van der Waals surface area contributed by atoms with Crippen molar-refractivity contribution < 1.29 is 9.53 Å². The molecule has 0 aliphatic rings. The third kappa shape index (κ3) is 4.36. The summed E-state index contributed by atoms with van der Waals surface area (Å²) in [5.74, 6) is 0.906. The summed E-state index contributed by atoms with van der Waals surface area (Å²) in [6, 6.07) is 17.2. The smallest absolute Gasteiger partial charge is 0.223 e. The zero-order chi connectivity index (χ0) is 17.5. The average molecular weight is 322 g/mol. The quantitative estimate of drug-likeness (QED) is 0.814. The minimum atomic E-state index is 0.00405. The SMILES string of the molecule is COc1ccc(C(C)N(C)C(=O)CCc2ccc(C#N)cc2)cc1. The Balaban J connectivity index is 1.93. The molecule has 2 aromatic carbocycles. The van der Waals surface area contributed by atoms with E-state index in [1.54, 1.807) is 24.1 Å². The minimum Gasteiger partial charge on any atom is -0.497 e. The topological polar surface area (TPSA) is 53.3 Å². The highest BCUT2D eigenvalue weighted by Crippen LogP contribution is 2.22. The van der Waals surface area contributed by atoms with Gasteiger partial charge in [0.05, 0.1) is 24.8 Å². The number of methoxy groups -OCH3 is 1. The third-order valence-corrected chi connectivity index (χ3v) is 4.28. The highest BCUT2D eigenvalue weighted by Gasteiger charge is 2.17. The van der Waals surface area contributed by atoms with E-state index in [9.17, 15) is 4.79 Å². The number of nitrogens with zero attached hydrogens (tertiary/aromatic N) is 2. The van der Waals surface area contributed by atoms with Gasteiger partial charge >= 0.3 is 0 Å². The van der Waals surface area contributed by atoms with E-state index in [-0.39, 0.29) is 11.9 Å². The van der Waals surface area contributed by atoms with Crippen LogP contribution in [0, 0.1) is 11.3 Å². The number of ether oxygens (including phenoxy) is 1. The molecule has 0 aliphatic carbocycles. The summed E-state index contributed by atoms with van der Waals surface area (Å²) in [7, 11) is 3.47. The van der Waals surface area contributed by atoms with Gasteiger partial charge in [0.2, 0.25) is 5.91 Å². The van der Waals surface area contributed by atoms with E-state index in [0.29, 0.717) is 18.4 Å². The maximum Gasteiger partial charge on any atom is 0.223 e. The summed E-state index contributed by atoms with van der Waals surface area (Å²) in [6.45, 7) is 2.02. The zero-order valence-corrected chi connectivity index (χ0v) is 14.3. The van der Waals surface area contributed by atoms with Crippen molar-refractivity contribution in [2.45, 2.75) is 25.8 Å². The lowest BCUT2D eigenvalue weighted by atomic mass is 10.0. The maximum absolute atomic E-state index is 12.4. The van der Waals surface area contributed by atoms with Gasteiger partial charge < -0.3 is 9.64 Å². The van der Waals surface area contributed by atoms with Gasteiger partial charge in [-0.05, 0) is 48.7 Å². The number of benzene rings is 2. The molecule has 0 fully saturated rings. The van der Waals surface area contributed by atoms with Crippen LogP contribution in [0.1, 0.15) is 36.1 Å². The number of carbonyl (C=O) groups is 1. The molecule has 124 valence electrons. The first-order chi connectivity index (χ1) is 11.5. The largest absolute Gasteiger partial charge is 0.497 e. The Morgan fingerprint density at radius 1 is 1.17 bits per heavy atom. The van der Waals surface area contributed by atoms with Crippen LogP contribution in [0.2, 0.25) is 0 Å². The van der Waals surface area contributed by atoms with Crippen LogP contribution in [0.15, 0.2) is 48.5 Å². The Morgan fingerprint density at radius 2 is 1.79 bits per heavy atom. The lowest BCUT2D eigenvalue weighted by Gasteiger charge is -2.25. The standard InChI is InChI=1S/C20H22N2O2/c1-15(18-9-11-19(24-3)12-10-18)22(2)20(23)13-8-16-4-6-17(14-21)7-5-16/h4-7,9-12,15H,8,13H2,1-3H3. The van der Waals surface area contributed by atoms with Crippen LogP contribution in [0.3, 0.4) is 0 Å². The highest BCUT2D eigenvalue weighted by molar-refractivity contribution is 5.76. The van der Waals surface area contributed by atoms with E-state index in [2.05, 4.69) is 6.07 Å². The molecule has 1 unspecified atom stereocenters. The van der Waals surface area contributed by atoms with Gasteiger partial charge in [-0.3, -0.25) is 4.79 Å². The fraction of sp³-hybridized carbons (Fsp3) is 0.300. The Labute approximate surface area is 143 Å². The Bertz CT molecular complexity index is 715. The molecule has 0 N–H and O–H groups in total. The minimum absolute atomic E-state index is 0.00405. The molecule has 0 aromatic heterocycles. The molecule has 0 aliphatic heterocycles. The van der Waals surface area contributed by atoms with Crippen molar-refractivity contribution in [1.82, 2.24) is 4.90 Å². The van der Waals surface area contributed by atoms with Crippen molar-refractivity contribution in [1.29, 1.82) is 5.26 Å². The molecule has 4 nitrogen and oxygen atoms in total. The molecular formula is C20H22N2O2. The van der Waals surface area contributed by atoms with Crippen LogP contribution in [-0.2, 0) is 11.2 Å². The molecular weight excluding hydrogens is 300 g/mol. The second-order valence-corrected chi connectivity index (χ2v) is 5.76. The summed E-state index contributed by atoms with van der Waals surface area (Å²) in [5.41, 5.74) is 2.77. The van der Waals surface area contributed by atoms with Gasteiger partial charge in [0, 0.05) is 13.5 Å². The molecule has 0 saturated heterocycles. The number of hydrogen-bond acceptors (Lipinski definition) is 3. The van der Waals surface area contributed by atoms with Crippen LogP contribution in [0.25, 0.3) is 0 Å². The molecule has 4 heteroatoms. The Kier molecular flexibility index (Phi) is 5.97. The van der Waals surface area contributed by atoms with Crippen molar-refractivity contribution in [2.24, 2.45) is 0 Å². The molecule has 24 heavy (non-hydrogen) atoms. The number of nitriles is 1. The van der Waals surface area contributed by atoms with Gasteiger partial charge in [-0.25, -0.2) is 0 Å². The predicted molar refractivity (Wildman–Crippen MR) is 93.7 cm³/mol. The number of carbonyl (C=O) groups excluding carboxylic acids is 1. The third-order valence-electron chi connectivity index (χ3n) is 4.28. The average Bonchev–Trinajstić information content (AvgIpc) is 2.65. The van der Waals surface area contributed by atoms with Gasteiger partial charge in [-0.15, -0.1) is 0 Å². The maximum atomic E-state index is 12.4. The van der Waals surface area contributed by atoms with Crippen LogP contribution in [0.5, 0.6) is 5.75 Å². The van der Waals surface area contributed by atoms with Crippen LogP contribution < -0.4 is 4.74 Å². The van der Waals surface area contributed by atoms with Crippen LogP contribution >= 0.6 is 0 Å². The number of amides is 1. The summed E-state index contributed by atoms with van der Waals surface area (Å²) in [4.78, 5) is 14.2. The van der Waals surface area contributed by atoms with Crippen molar-refractivity contribution >= 4 is 5.91 Å². The first kappa shape index (κ1) is 17.6. The summed E-state index contributed by atoms with van der Waals surface area (Å²) >= 11 is 0. The van der Waals surface area contributed by atoms with Gasteiger partial charge in [0.15, 0.2) is 0 Å². The fourth-order valence-corrected chi connectivity index (χ4v) is 2.50. The predicted octanol–water partition coefficient (Wildman–Crippen LogP) is 3.72. The molecule has 1 atom stereocenters. The van der Waals surface area contributed by atoms with E-state index in [4.69, 9.17) is 10.00 Å². The van der Waals surface area contributed by atoms with Crippen molar-refractivity contribution in [3.63, 3.8) is 0 Å². The Hall–Kier alpha value is -2.80. The molecule has 1 amide bonds. The zero-order valence-electron chi connectivity index (χ0n) is 14.3. The van der Waals surface area contributed by atoms with Crippen molar-refractivity contribution in [3.05, 3.63) is 65.2 Å². The second kappa shape index (κ2) is 8.16. The van der Waals surface area contributed by atoms with Crippen molar-refractivity contribution in [3.8, 4) is 11.8 Å². The van der Waals surface area contributed by atoms with Gasteiger partial charge in [0.25, 0.3) is 0 Å². The summed E-state index contributed by atoms with van der Waals surface area (Å²) < 4.78 is 5.16. The van der Waals surface area contributed by atoms with Crippen LogP contribution in [-0.4, -0.2) is 25.0 Å². The van der Waals surface area contributed by atoms with E-state index >= 15 is 0 Å². The number of aryl methyl sites for hydroxylation is 1. The van der Waals surface area contributed by atoms with Crippen molar-refractivity contribution in [2.75, 3.05) is 14.2 Å². The Morgan fingerprint density at radius 3 is 2.33 bits per heavy atom. The highest BCUT2D eigenvalue weighted by atomic mass is 16.5. The fourth-order valence-electron chi connectivity index (χ4n) is 2.50. The van der Waals surface area contributed by atoms with E-state index < -0.39 is 0 Å². The van der Waals surface area contributed by atoms with E-state index in [1.165, 1.54) is 0 Å². The van der Waals surface area contributed by atoms with Gasteiger partial charge in [-0.2, -0.15) is 5.26 Å². The van der Waals surface area contributed by atoms with E-state index in [1.807, 2.05) is 50.4 Å². The molecule has 0 heterocycles. The van der Waals surface area contributed by atoms with Gasteiger partial charge in [-0.1, -0.05) is 24.3 Å². The molecule has 2 rings (SSSR count). The van der Waals surface area contributed by atoms with E-state index in [0.717, 1.165) is 16.9 Å². The molecule has 0 radical (unpaired) electrons. The first-order valence-electron chi connectivity index (χ1n) is 7.93. The number of rotatable bonds is 6. The van der Waals surface area contributed by atoms with Gasteiger partial charge in [0.1, 0.15) is 5.75 Å². The molecule has 0 bridgehead atoms. The summed E-state index contributed by atoms with van der Waals surface area (Å²) in [6.07, 6.45) is 1.12. The lowest BCUT2D eigenvalue weighted by Crippen LogP contribution is -2.29. The lowest BCUT2D eigenvalue weighted by molar-refractivity contribution is -0.131. The number of hydrogen-bond donors (Lipinski definition) is 0.